The number of halogens is 13. The Kier molecular flexibility index (Phi) is 6.11. The van der Waals surface area contributed by atoms with Crippen molar-refractivity contribution in [1.29, 1.82) is 0 Å². The Balaban J connectivity index is 3.04. The van der Waals surface area contributed by atoms with Crippen molar-refractivity contribution in [1.82, 2.24) is 0 Å². The largest absolute Gasteiger partial charge is 0.460 e. The SMILES string of the molecule is FC(F)(F)C(F)(F)C(F)(F)C(F)(F)C(F)(F)C(F)(F)CCSCC1CO1. The van der Waals surface area contributed by atoms with Crippen LogP contribution in [0.1, 0.15) is 6.42 Å². The summed E-state index contributed by atoms with van der Waals surface area (Å²) in [5.41, 5.74) is 0. The first-order valence-electron chi connectivity index (χ1n) is 6.48. The quantitative estimate of drug-likeness (QED) is 0.278. The predicted octanol–water partition coefficient (Wildman–Crippen LogP) is 5.25. The minimum Gasteiger partial charge on any atom is -0.372 e. The smallest absolute Gasteiger partial charge is 0.372 e. The van der Waals surface area contributed by atoms with E-state index in [1.165, 1.54) is 0 Å². The molecular weight excluding hydrogens is 427 g/mol. The van der Waals surface area contributed by atoms with Gasteiger partial charge in [-0.1, -0.05) is 0 Å². The zero-order chi connectivity index (χ0) is 20.8. The average molecular weight is 436 g/mol. The highest BCUT2D eigenvalue weighted by atomic mass is 32.2. The van der Waals surface area contributed by atoms with Gasteiger partial charge in [0.05, 0.1) is 12.7 Å². The first-order chi connectivity index (χ1) is 11.3. The van der Waals surface area contributed by atoms with Gasteiger partial charge in [-0.2, -0.15) is 68.8 Å². The van der Waals surface area contributed by atoms with Crippen LogP contribution >= 0.6 is 11.8 Å². The Bertz CT molecular complexity index is 497. The summed E-state index contributed by atoms with van der Waals surface area (Å²) in [5, 5.41) is 0. The molecule has 1 fully saturated rings. The third-order valence-electron chi connectivity index (χ3n) is 3.26. The zero-order valence-electron chi connectivity index (χ0n) is 12.1. The summed E-state index contributed by atoms with van der Waals surface area (Å²) in [6.45, 7) is 0.233. The molecule has 0 aliphatic carbocycles. The van der Waals surface area contributed by atoms with E-state index < -0.39 is 48.0 Å². The van der Waals surface area contributed by atoms with Crippen molar-refractivity contribution < 1.29 is 61.8 Å². The molecule has 1 unspecified atom stereocenters. The highest BCUT2D eigenvalue weighted by molar-refractivity contribution is 7.99. The van der Waals surface area contributed by atoms with Gasteiger partial charge in [0.15, 0.2) is 0 Å². The lowest BCUT2D eigenvalue weighted by Crippen LogP contribution is -2.70. The van der Waals surface area contributed by atoms with Gasteiger partial charge in [-0.05, 0) is 5.75 Å². The summed E-state index contributed by atoms with van der Waals surface area (Å²) < 4.78 is 171. The van der Waals surface area contributed by atoms with Crippen molar-refractivity contribution in [3.63, 3.8) is 0 Å². The lowest BCUT2D eigenvalue weighted by Gasteiger charge is -2.39. The fourth-order valence-electron chi connectivity index (χ4n) is 1.54. The average Bonchev–Trinajstić information content (AvgIpc) is 3.25. The van der Waals surface area contributed by atoms with Gasteiger partial charge in [0.2, 0.25) is 0 Å². The zero-order valence-corrected chi connectivity index (χ0v) is 13.0. The van der Waals surface area contributed by atoms with Crippen molar-refractivity contribution in [2.24, 2.45) is 0 Å². The molecule has 0 aromatic carbocycles. The molecule has 0 saturated carbocycles. The number of hydrogen-bond donors (Lipinski definition) is 0. The molecule has 0 aromatic heterocycles. The molecule has 15 heteroatoms. The van der Waals surface area contributed by atoms with Gasteiger partial charge in [-0.15, -0.1) is 0 Å². The van der Waals surface area contributed by atoms with Gasteiger partial charge in [0.25, 0.3) is 0 Å². The van der Waals surface area contributed by atoms with E-state index in [0.29, 0.717) is 11.8 Å². The minimum atomic E-state index is -7.83. The van der Waals surface area contributed by atoms with Crippen molar-refractivity contribution >= 4 is 11.8 Å². The van der Waals surface area contributed by atoms with Crippen LogP contribution in [0.2, 0.25) is 0 Å². The highest BCUT2D eigenvalue weighted by Crippen LogP contribution is 2.60. The number of ether oxygens (including phenoxy) is 1. The third-order valence-corrected chi connectivity index (χ3v) is 4.37. The van der Waals surface area contributed by atoms with Crippen LogP contribution in [0.3, 0.4) is 0 Å². The van der Waals surface area contributed by atoms with E-state index in [4.69, 9.17) is 0 Å². The fraction of sp³-hybridized carbons (Fsp3) is 1.00. The molecular formula is C11H9F13OS. The summed E-state index contributed by atoms with van der Waals surface area (Å²) in [6.07, 6.45) is -9.93. The summed E-state index contributed by atoms with van der Waals surface area (Å²) in [5.74, 6) is -37.4. The van der Waals surface area contributed by atoms with Crippen LogP contribution in [0.5, 0.6) is 0 Å². The Hall–Kier alpha value is -0.600. The second-order valence-electron chi connectivity index (χ2n) is 5.28. The molecule has 156 valence electrons. The Morgan fingerprint density at radius 1 is 0.692 bits per heavy atom. The lowest BCUT2D eigenvalue weighted by atomic mass is 9.93. The van der Waals surface area contributed by atoms with E-state index in [9.17, 15) is 57.1 Å². The molecule has 0 spiro atoms. The van der Waals surface area contributed by atoms with E-state index in [-0.39, 0.29) is 18.5 Å². The lowest BCUT2D eigenvalue weighted by molar-refractivity contribution is -0.439. The number of hydrogen-bond acceptors (Lipinski definition) is 2. The van der Waals surface area contributed by atoms with Gasteiger partial charge in [0, 0.05) is 12.2 Å². The molecule has 1 atom stereocenters. The van der Waals surface area contributed by atoms with Crippen molar-refractivity contribution in [2.75, 3.05) is 18.1 Å². The highest BCUT2D eigenvalue weighted by Gasteiger charge is 2.90. The summed E-state index contributed by atoms with van der Waals surface area (Å²) >= 11 is 0.496. The number of epoxide rings is 1. The molecule has 1 nitrogen and oxygen atoms in total. The monoisotopic (exact) mass is 436 g/mol. The first kappa shape index (κ1) is 23.4. The van der Waals surface area contributed by atoms with Gasteiger partial charge in [-0.25, -0.2) is 0 Å². The normalized spacial score (nSPS) is 20.4. The van der Waals surface area contributed by atoms with E-state index >= 15 is 0 Å². The van der Waals surface area contributed by atoms with Gasteiger partial charge in [-0.3, -0.25) is 0 Å². The Morgan fingerprint density at radius 3 is 1.50 bits per heavy atom. The molecule has 1 rings (SSSR count). The standard InChI is InChI=1S/C11H9F13OS/c12-6(13,1-2-26-4-5-3-25-5)7(14,15)8(16,17)9(18,19)10(20,21)11(22,23)24/h5H,1-4H2. The maximum absolute atomic E-state index is 13.3. The molecule has 1 saturated heterocycles. The van der Waals surface area contributed by atoms with E-state index in [1.807, 2.05) is 0 Å². The van der Waals surface area contributed by atoms with Crippen LogP contribution in [0.25, 0.3) is 0 Å². The van der Waals surface area contributed by atoms with Crippen LogP contribution in [0, 0.1) is 0 Å². The molecule has 1 aliphatic heterocycles. The van der Waals surface area contributed by atoms with Gasteiger partial charge in [0.1, 0.15) is 0 Å². The molecule has 0 amide bonds. The van der Waals surface area contributed by atoms with Crippen molar-refractivity contribution in [3.05, 3.63) is 0 Å². The van der Waals surface area contributed by atoms with Crippen LogP contribution in [-0.2, 0) is 4.74 Å². The molecule has 0 bridgehead atoms. The first-order valence-corrected chi connectivity index (χ1v) is 7.63. The Morgan fingerprint density at radius 2 is 1.12 bits per heavy atom. The van der Waals surface area contributed by atoms with Crippen LogP contribution in [0.4, 0.5) is 57.1 Å². The summed E-state index contributed by atoms with van der Waals surface area (Å²) in [6, 6.07) is 0. The molecule has 1 heterocycles. The topological polar surface area (TPSA) is 12.5 Å². The Labute approximate surface area is 141 Å². The summed E-state index contributed by atoms with van der Waals surface area (Å²) in [7, 11) is 0. The van der Waals surface area contributed by atoms with Crippen LogP contribution < -0.4 is 0 Å². The van der Waals surface area contributed by atoms with Crippen LogP contribution in [0.15, 0.2) is 0 Å². The van der Waals surface area contributed by atoms with Gasteiger partial charge >= 0.3 is 35.8 Å². The molecule has 0 aromatic rings. The van der Waals surface area contributed by atoms with Crippen molar-refractivity contribution in [2.45, 2.75) is 48.3 Å². The third kappa shape index (κ3) is 3.83. The molecule has 26 heavy (non-hydrogen) atoms. The maximum atomic E-state index is 13.3. The summed E-state index contributed by atoms with van der Waals surface area (Å²) in [4.78, 5) is 0. The number of rotatable bonds is 9. The van der Waals surface area contributed by atoms with E-state index in [0.717, 1.165) is 0 Å². The second kappa shape index (κ2) is 6.78. The fourth-order valence-corrected chi connectivity index (χ4v) is 2.56. The van der Waals surface area contributed by atoms with Gasteiger partial charge < -0.3 is 4.74 Å². The minimum absolute atomic E-state index is 0.0135. The van der Waals surface area contributed by atoms with E-state index in [2.05, 4.69) is 4.74 Å². The molecule has 0 radical (unpaired) electrons. The molecule has 0 N–H and O–H groups in total. The number of alkyl halides is 13. The van der Waals surface area contributed by atoms with Crippen LogP contribution in [-0.4, -0.2) is 60.0 Å². The predicted molar refractivity (Wildman–Crippen MR) is 62.5 cm³/mol. The number of thioether (sulfide) groups is 1. The van der Waals surface area contributed by atoms with E-state index in [1.54, 1.807) is 0 Å². The maximum Gasteiger partial charge on any atom is 0.460 e. The molecule has 1 aliphatic rings. The van der Waals surface area contributed by atoms with Crippen molar-refractivity contribution in [3.8, 4) is 0 Å². The second-order valence-corrected chi connectivity index (χ2v) is 6.43.